The molecule has 2 aliphatic rings. The Morgan fingerprint density at radius 1 is 0.977 bits per heavy atom. The molecule has 0 spiro atoms. The highest BCUT2D eigenvalue weighted by molar-refractivity contribution is 6.33. The Labute approximate surface area is 262 Å². The number of Topliss-reactive ketones (excluding diaryl/α,β-unsaturated/α-hetero) is 1. The van der Waals surface area contributed by atoms with Crippen LogP contribution in [0, 0.1) is 11.6 Å². The molecule has 3 heterocycles. The molecule has 0 bridgehead atoms. The molecular weight excluding hydrogens is 595 g/mol. The standard InChI is InChI=1S/C32H35Cl2F2N5O2.H2/c1-21-20-40(31-27(34)17-24(19-37-31)32(43)38-18-22-2-7-28(35)29(36)16-22)14-15-41(21)26-8-11-39(12-9-26)13-10-30(42)23-3-5-25(33)6-4-23;/h2-7,16-17,19,21,26H,8-15,18,20H2,1H3,(H,38,43);1H/t21-;/m0./s1. The summed E-state index contributed by atoms with van der Waals surface area (Å²) in [4.78, 5) is 36.8. The fourth-order valence-electron chi connectivity index (χ4n) is 5.94. The molecule has 1 aromatic heterocycles. The van der Waals surface area contributed by atoms with Crippen LogP contribution in [0.2, 0.25) is 10.0 Å². The number of ketones is 1. The normalized spacial score (nSPS) is 18.5. The first kappa shape index (κ1) is 31.3. The summed E-state index contributed by atoms with van der Waals surface area (Å²) in [6.07, 6.45) is 4.12. The van der Waals surface area contributed by atoms with Crippen molar-refractivity contribution in [2.24, 2.45) is 0 Å². The minimum absolute atomic E-state index is 0. The monoisotopic (exact) mass is 631 g/mol. The number of anilines is 1. The number of aromatic nitrogens is 1. The van der Waals surface area contributed by atoms with Crippen molar-refractivity contribution in [1.29, 1.82) is 0 Å². The lowest BCUT2D eigenvalue weighted by atomic mass is 9.99. The molecule has 0 saturated carbocycles. The van der Waals surface area contributed by atoms with E-state index >= 15 is 0 Å². The van der Waals surface area contributed by atoms with Gasteiger partial charge in [-0.3, -0.25) is 14.5 Å². The van der Waals surface area contributed by atoms with E-state index in [2.05, 4.69) is 31.9 Å². The average Bonchev–Trinajstić information content (AvgIpc) is 3.01. The largest absolute Gasteiger partial charge is 0.353 e. The molecule has 230 valence electrons. The van der Waals surface area contributed by atoms with Crippen LogP contribution in [0.15, 0.2) is 54.7 Å². The van der Waals surface area contributed by atoms with Crippen LogP contribution in [0.4, 0.5) is 14.6 Å². The van der Waals surface area contributed by atoms with Gasteiger partial charge in [-0.05, 0) is 80.9 Å². The molecule has 2 aliphatic heterocycles. The zero-order valence-electron chi connectivity index (χ0n) is 24.0. The fraction of sp³-hybridized carbons (Fsp3) is 0.406. The van der Waals surface area contributed by atoms with E-state index in [0.29, 0.717) is 51.1 Å². The van der Waals surface area contributed by atoms with E-state index < -0.39 is 17.5 Å². The molecule has 0 radical (unpaired) electrons. The lowest BCUT2D eigenvalue weighted by Crippen LogP contribution is -2.57. The van der Waals surface area contributed by atoms with Crippen LogP contribution in [0.1, 0.15) is 53.9 Å². The molecule has 1 atom stereocenters. The lowest BCUT2D eigenvalue weighted by Gasteiger charge is -2.46. The molecule has 2 fully saturated rings. The summed E-state index contributed by atoms with van der Waals surface area (Å²) in [6, 6.07) is 13.0. The Morgan fingerprint density at radius 2 is 1.72 bits per heavy atom. The van der Waals surface area contributed by atoms with Crippen LogP contribution < -0.4 is 10.2 Å². The predicted molar refractivity (Wildman–Crippen MR) is 167 cm³/mol. The van der Waals surface area contributed by atoms with Crippen molar-refractivity contribution in [3.8, 4) is 0 Å². The smallest absolute Gasteiger partial charge is 0.253 e. The van der Waals surface area contributed by atoms with Crippen LogP contribution in [-0.2, 0) is 6.54 Å². The van der Waals surface area contributed by atoms with Crippen LogP contribution in [0.25, 0.3) is 0 Å². The van der Waals surface area contributed by atoms with E-state index in [1.54, 1.807) is 30.3 Å². The number of likely N-dealkylation sites (tertiary alicyclic amines) is 1. The summed E-state index contributed by atoms with van der Waals surface area (Å²) < 4.78 is 26.6. The SMILES string of the molecule is C[C@H]1CN(c2ncc(C(=O)NCc3ccc(F)c(F)c3)cc2Cl)CCN1C1CCN(CCC(=O)c2ccc(Cl)cc2)CC1.[HH]. The van der Waals surface area contributed by atoms with E-state index in [9.17, 15) is 18.4 Å². The molecule has 0 unspecified atom stereocenters. The number of hydrogen-bond donors (Lipinski definition) is 1. The Hall–Kier alpha value is -3.11. The van der Waals surface area contributed by atoms with Crippen molar-refractivity contribution < 1.29 is 19.8 Å². The van der Waals surface area contributed by atoms with Gasteiger partial charge in [0.25, 0.3) is 5.91 Å². The minimum atomic E-state index is -0.959. The Balaban J connectivity index is 0.00000442. The van der Waals surface area contributed by atoms with Gasteiger partial charge in [-0.1, -0.05) is 29.3 Å². The third-order valence-electron chi connectivity index (χ3n) is 8.35. The number of rotatable bonds is 9. The number of amides is 1. The maximum atomic E-state index is 13.4. The summed E-state index contributed by atoms with van der Waals surface area (Å²) in [5, 5.41) is 3.71. The second-order valence-corrected chi connectivity index (χ2v) is 12.1. The van der Waals surface area contributed by atoms with Gasteiger partial charge in [-0.15, -0.1) is 0 Å². The predicted octanol–water partition coefficient (Wildman–Crippen LogP) is 6.09. The molecule has 3 aromatic rings. The Kier molecular flexibility index (Phi) is 10.3. The highest BCUT2D eigenvalue weighted by Crippen LogP contribution is 2.29. The van der Waals surface area contributed by atoms with Gasteiger partial charge in [0.2, 0.25) is 0 Å². The summed E-state index contributed by atoms with van der Waals surface area (Å²) in [6.45, 7) is 7.40. The van der Waals surface area contributed by atoms with Crippen molar-refractivity contribution in [2.75, 3.05) is 44.2 Å². The van der Waals surface area contributed by atoms with Gasteiger partial charge < -0.3 is 15.1 Å². The topological polar surface area (TPSA) is 68.8 Å². The van der Waals surface area contributed by atoms with Crippen LogP contribution in [0.3, 0.4) is 0 Å². The first-order valence-corrected chi connectivity index (χ1v) is 15.3. The third kappa shape index (κ3) is 7.89. The highest BCUT2D eigenvalue weighted by Gasteiger charge is 2.32. The van der Waals surface area contributed by atoms with E-state index in [1.165, 1.54) is 12.3 Å². The maximum Gasteiger partial charge on any atom is 0.253 e. The number of piperidine rings is 1. The summed E-state index contributed by atoms with van der Waals surface area (Å²) in [5.41, 5.74) is 1.45. The van der Waals surface area contributed by atoms with Gasteiger partial charge in [0.15, 0.2) is 17.4 Å². The molecule has 1 amide bonds. The summed E-state index contributed by atoms with van der Waals surface area (Å²) >= 11 is 12.5. The number of carbonyl (C=O) groups is 2. The van der Waals surface area contributed by atoms with Crippen LogP contribution in [0.5, 0.6) is 0 Å². The summed E-state index contributed by atoms with van der Waals surface area (Å²) in [7, 11) is 0. The number of benzene rings is 2. The minimum Gasteiger partial charge on any atom is -0.353 e. The molecule has 5 rings (SSSR count). The Morgan fingerprint density at radius 3 is 2.40 bits per heavy atom. The van der Waals surface area contributed by atoms with Crippen molar-refractivity contribution in [2.45, 2.75) is 44.8 Å². The number of hydrogen-bond acceptors (Lipinski definition) is 6. The van der Waals surface area contributed by atoms with Gasteiger partial charge in [0.05, 0.1) is 10.6 Å². The number of nitrogens with zero attached hydrogens (tertiary/aromatic N) is 4. The van der Waals surface area contributed by atoms with E-state index in [4.69, 9.17) is 23.2 Å². The number of nitrogens with one attached hydrogen (secondary N) is 1. The molecule has 11 heteroatoms. The molecule has 43 heavy (non-hydrogen) atoms. The lowest BCUT2D eigenvalue weighted by molar-refractivity contribution is 0.0692. The molecule has 7 nitrogen and oxygen atoms in total. The van der Waals surface area contributed by atoms with Crippen molar-refractivity contribution >= 4 is 40.7 Å². The summed E-state index contributed by atoms with van der Waals surface area (Å²) in [5.74, 6) is -1.50. The van der Waals surface area contributed by atoms with Gasteiger partial charge in [-0.2, -0.15) is 0 Å². The maximum absolute atomic E-state index is 13.4. The van der Waals surface area contributed by atoms with Gasteiger partial charge in [0, 0.05) is 69.4 Å². The number of halogens is 4. The quantitative estimate of drug-likeness (QED) is 0.288. The first-order chi connectivity index (χ1) is 20.7. The van der Waals surface area contributed by atoms with E-state index in [1.807, 2.05) is 0 Å². The second kappa shape index (κ2) is 14.1. The van der Waals surface area contributed by atoms with E-state index in [0.717, 1.165) is 64.2 Å². The Bertz CT molecular complexity index is 1460. The molecule has 2 aromatic carbocycles. The molecule has 2 saturated heterocycles. The highest BCUT2D eigenvalue weighted by atomic mass is 35.5. The zero-order chi connectivity index (χ0) is 30.5. The fourth-order valence-corrected chi connectivity index (χ4v) is 6.35. The number of carbonyl (C=O) groups excluding carboxylic acids is 2. The van der Waals surface area contributed by atoms with Crippen molar-refractivity contribution in [1.82, 2.24) is 20.1 Å². The third-order valence-corrected chi connectivity index (χ3v) is 8.88. The van der Waals surface area contributed by atoms with Gasteiger partial charge in [0.1, 0.15) is 5.82 Å². The molecule has 0 aliphatic carbocycles. The average molecular weight is 633 g/mol. The van der Waals surface area contributed by atoms with Crippen LogP contribution in [-0.4, -0.2) is 77.8 Å². The van der Waals surface area contributed by atoms with Gasteiger partial charge in [-0.25, -0.2) is 13.8 Å². The first-order valence-electron chi connectivity index (χ1n) is 14.6. The molecular formula is C32H37Cl2F2N5O2. The second-order valence-electron chi connectivity index (χ2n) is 11.2. The number of pyridine rings is 1. The number of piperazine rings is 1. The van der Waals surface area contributed by atoms with Crippen molar-refractivity contribution in [3.63, 3.8) is 0 Å². The van der Waals surface area contributed by atoms with Gasteiger partial charge >= 0.3 is 0 Å². The van der Waals surface area contributed by atoms with E-state index in [-0.39, 0.29) is 13.8 Å². The molecule has 1 N–H and O–H groups in total. The van der Waals surface area contributed by atoms with Crippen LogP contribution >= 0.6 is 23.2 Å². The van der Waals surface area contributed by atoms with Crippen molar-refractivity contribution in [3.05, 3.63) is 93.1 Å². The zero-order valence-corrected chi connectivity index (χ0v) is 25.6.